The molecule has 106 valence electrons. The molecule has 0 aliphatic rings. The molecule has 1 atom stereocenters. The molecule has 1 aromatic carbocycles. The van der Waals surface area contributed by atoms with Crippen molar-refractivity contribution in [2.45, 2.75) is 26.2 Å². The number of halogens is 1. The Morgan fingerprint density at radius 2 is 2.05 bits per heavy atom. The number of carbonyl (C=O) groups is 1. The predicted octanol–water partition coefficient (Wildman–Crippen LogP) is 2.82. The van der Waals surface area contributed by atoms with Crippen LogP contribution in [0.3, 0.4) is 0 Å². The van der Waals surface area contributed by atoms with Crippen LogP contribution >= 0.6 is 15.9 Å². The number of esters is 1. The zero-order valence-electron chi connectivity index (χ0n) is 11.4. The van der Waals surface area contributed by atoms with E-state index in [1.807, 2.05) is 31.2 Å². The summed E-state index contributed by atoms with van der Waals surface area (Å²) in [7, 11) is 0. The third-order valence-electron chi connectivity index (χ3n) is 2.87. The Kier molecular flexibility index (Phi) is 4.89. The molecular formula is C14H16BrN3O2. The minimum Gasteiger partial charge on any atom is -0.465 e. The molecule has 0 radical (unpaired) electrons. The largest absolute Gasteiger partial charge is 0.465 e. The first kappa shape index (κ1) is 14.7. The van der Waals surface area contributed by atoms with Crippen LogP contribution in [-0.2, 0) is 16.0 Å². The summed E-state index contributed by atoms with van der Waals surface area (Å²) < 4.78 is 6.09. The highest BCUT2D eigenvalue weighted by atomic mass is 79.9. The van der Waals surface area contributed by atoms with E-state index in [2.05, 4.69) is 31.1 Å². The number of aromatic nitrogens is 3. The predicted molar refractivity (Wildman–Crippen MR) is 78.4 cm³/mol. The van der Waals surface area contributed by atoms with Crippen molar-refractivity contribution in [2.24, 2.45) is 0 Å². The second-order valence-electron chi connectivity index (χ2n) is 4.23. The fourth-order valence-electron chi connectivity index (χ4n) is 1.87. The topological polar surface area (TPSA) is 67.9 Å². The van der Waals surface area contributed by atoms with Crippen molar-refractivity contribution in [3.8, 4) is 0 Å². The first-order valence-corrected chi connectivity index (χ1v) is 7.28. The molecule has 1 unspecified atom stereocenters. The van der Waals surface area contributed by atoms with Gasteiger partial charge in [0.15, 0.2) is 5.82 Å². The highest BCUT2D eigenvalue weighted by Gasteiger charge is 2.28. The molecule has 0 bridgehead atoms. The molecule has 1 N–H and O–H groups in total. The van der Waals surface area contributed by atoms with Gasteiger partial charge in [0.05, 0.1) is 6.61 Å². The second-order valence-corrected chi connectivity index (χ2v) is 5.15. The Hall–Kier alpha value is -1.69. The summed E-state index contributed by atoms with van der Waals surface area (Å²) in [5, 5.41) is 6.98. The van der Waals surface area contributed by atoms with Crippen molar-refractivity contribution in [1.29, 1.82) is 0 Å². The number of aryl methyl sites for hydroxylation is 1. The number of rotatable bonds is 5. The maximum absolute atomic E-state index is 12.2. The quantitative estimate of drug-likeness (QED) is 0.852. The Morgan fingerprint density at radius 3 is 2.60 bits per heavy atom. The van der Waals surface area contributed by atoms with Gasteiger partial charge < -0.3 is 4.74 Å². The zero-order chi connectivity index (χ0) is 14.5. The van der Waals surface area contributed by atoms with Crippen molar-refractivity contribution >= 4 is 21.9 Å². The summed E-state index contributed by atoms with van der Waals surface area (Å²) in [5.74, 6) is 0.269. The molecule has 1 heterocycles. The molecule has 0 spiro atoms. The van der Waals surface area contributed by atoms with E-state index < -0.39 is 5.92 Å². The summed E-state index contributed by atoms with van der Waals surface area (Å²) in [6.07, 6.45) is 0.739. The van der Waals surface area contributed by atoms with Gasteiger partial charge in [-0.25, -0.2) is 4.98 Å². The third kappa shape index (κ3) is 3.25. The van der Waals surface area contributed by atoms with E-state index in [0.29, 0.717) is 12.4 Å². The van der Waals surface area contributed by atoms with Gasteiger partial charge in [-0.15, -0.1) is 0 Å². The maximum Gasteiger partial charge on any atom is 0.321 e. The number of hydrogen-bond acceptors (Lipinski definition) is 4. The van der Waals surface area contributed by atoms with Gasteiger partial charge in [-0.1, -0.05) is 35.0 Å². The molecule has 2 rings (SSSR count). The maximum atomic E-state index is 12.2. The van der Waals surface area contributed by atoms with Gasteiger partial charge >= 0.3 is 5.97 Å². The lowest BCUT2D eigenvalue weighted by Crippen LogP contribution is -2.18. The number of nitrogens with zero attached hydrogens (tertiary/aromatic N) is 2. The summed E-state index contributed by atoms with van der Waals surface area (Å²) in [6, 6.07) is 7.51. The molecule has 0 aliphatic carbocycles. The summed E-state index contributed by atoms with van der Waals surface area (Å²) in [6.45, 7) is 4.09. The number of carbonyl (C=O) groups excluding carboxylic acids is 1. The minimum absolute atomic E-state index is 0.330. The fourth-order valence-corrected chi connectivity index (χ4v) is 2.13. The van der Waals surface area contributed by atoms with E-state index >= 15 is 0 Å². The van der Waals surface area contributed by atoms with Gasteiger partial charge in [0.2, 0.25) is 0 Å². The molecule has 0 saturated heterocycles. The molecule has 20 heavy (non-hydrogen) atoms. The van der Waals surface area contributed by atoms with Gasteiger partial charge in [-0.2, -0.15) is 5.10 Å². The number of ether oxygens (including phenoxy) is 1. The van der Waals surface area contributed by atoms with E-state index in [1.54, 1.807) is 6.92 Å². The van der Waals surface area contributed by atoms with Crippen LogP contribution in [0.5, 0.6) is 0 Å². The standard InChI is InChI=1S/C14H16BrN3O2/c1-3-11-16-13(18-17-11)12(14(19)20-4-2)9-5-7-10(15)8-6-9/h5-8,12H,3-4H2,1-2H3,(H,16,17,18). The molecule has 0 saturated carbocycles. The monoisotopic (exact) mass is 337 g/mol. The molecule has 0 aliphatic heterocycles. The van der Waals surface area contributed by atoms with Crippen LogP contribution < -0.4 is 0 Å². The van der Waals surface area contributed by atoms with Crippen molar-refractivity contribution in [3.05, 3.63) is 46.0 Å². The zero-order valence-corrected chi connectivity index (χ0v) is 13.0. The normalized spacial score (nSPS) is 12.2. The summed E-state index contributed by atoms with van der Waals surface area (Å²) in [5.41, 5.74) is 0.813. The average Bonchev–Trinajstić information content (AvgIpc) is 2.90. The van der Waals surface area contributed by atoms with Gasteiger partial charge in [-0.3, -0.25) is 9.89 Å². The fraction of sp³-hybridized carbons (Fsp3) is 0.357. The third-order valence-corrected chi connectivity index (χ3v) is 3.40. The molecule has 6 heteroatoms. The average molecular weight is 338 g/mol. The van der Waals surface area contributed by atoms with Crippen LogP contribution in [0.4, 0.5) is 0 Å². The number of aromatic amines is 1. The molecule has 2 aromatic rings. The van der Waals surface area contributed by atoms with Crippen LogP contribution in [0, 0.1) is 0 Å². The highest BCUT2D eigenvalue weighted by molar-refractivity contribution is 9.10. The van der Waals surface area contributed by atoms with E-state index in [9.17, 15) is 4.79 Å². The first-order valence-electron chi connectivity index (χ1n) is 6.49. The van der Waals surface area contributed by atoms with Crippen molar-refractivity contribution in [3.63, 3.8) is 0 Å². The molecule has 0 fully saturated rings. The highest BCUT2D eigenvalue weighted by Crippen LogP contribution is 2.25. The van der Waals surface area contributed by atoms with E-state index in [-0.39, 0.29) is 5.97 Å². The lowest BCUT2D eigenvalue weighted by molar-refractivity contribution is -0.144. The smallest absolute Gasteiger partial charge is 0.321 e. The first-order chi connectivity index (χ1) is 9.65. The summed E-state index contributed by atoms with van der Waals surface area (Å²) in [4.78, 5) is 16.6. The molecular weight excluding hydrogens is 322 g/mol. The van der Waals surface area contributed by atoms with Crippen LogP contribution in [0.1, 0.15) is 37.0 Å². The van der Waals surface area contributed by atoms with Gasteiger partial charge in [-0.05, 0) is 24.6 Å². The number of hydrogen-bond donors (Lipinski definition) is 1. The van der Waals surface area contributed by atoms with Crippen LogP contribution in [0.25, 0.3) is 0 Å². The molecule has 1 aromatic heterocycles. The van der Waals surface area contributed by atoms with Gasteiger partial charge in [0, 0.05) is 10.9 Å². The van der Waals surface area contributed by atoms with Crippen LogP contribution in [0.2, 0.25) is 0 Å². The second kappa shape index (κ2) is 6.65. The van der Waals surface area contributed by atoms with E-state index in [4.69, 9.17) is 4.74 Å². The Bertz CT molecular complexity index is 580. The SMILES string of the molecule is CCOC(=O)C(c1ccc(Br)cc1)c1n[nH]c(CC)n1. The van der Waals surface area contributed by atoms with E-state index in [1.165, 1.54) is 0 Å². The lowest BCUT2D eigenvalue weighted by atomic mass is 9.98. The lowest BCUT2D eigenvalue weighted by Gasteiger charge is -2.12. The van der Waals surface area contributed by atoms with Crippen molar-refractivity contribution in [1.82, 2.24) is 15.2 Å². The summed E-state index contributed by atoms with van der Waals surface area (Å²) >= 11 is 3.38. The Balaban J connectivity index is 2.38. The van der Waals surface area contributed by atoms with E-state index in [0.717, 1.165) is 22.3 Å². The van der Waals surface area contributed by atoms with Crippen molar-refractivity contribution < 1.29 is 9.53 Å². The van der Waals surface area contributed by atoms with Crippen LogP contribution in [-0.4, -0.2) is 27.8 Å². The number of H-pyrrole nitrogens is 1. The Morgan fingerprint density at radius 1 is 1.35 bits per heavy atom. The number of benzene rings is 1. The van der Waals surface area contributed by atoms with Gasteiger partial charge in [0.1, 0.15) is 11.7 Å². The molecule has 5 nitrogen and oxygen atoms in total. The number of nitrogens with one attached hydrogen (secondary N) is 1. The van der Waals surface area contributed by atoms with Gasteiger partial charge in [0.25, 0.3) is 0 Å². The minimum atomic E-state index is -0.598. The van der Waals surface area contributed by atoms with Crippen LogP contribution in [0.15, 0.2) is 28.7 Å². The molecule has 0 amide bonds. The Labute approximate surface area is 125 Å². The van der Waals surface area contributed by atoms with Crippen molar-refractivity contribution in [2.75, 3.05) is 6.61 Å².